The highest BCUT2D eigenvalue weighted by Crippen LogP contribution is 2.30. The lowest BCUT2D eigenvalue weighted by molar-refractivity contribution is 0.356. The molecule has 6 nitrogen and oxygen atoms in total. The summed E-state index contributed by atoms with van der Waals surface area (Å²) in [4.78, 5) is 14.2. The van der Waals surface area contributed by atoms with Crippen LogP contribution >= 0.6 is 0 Å². The highest BCUT2D eigenvalue weighted by Gasteiger charge is 2.30. The van der Waals surface area contributed by atoms with Crippen LogP contribution in [0.15, 0.2) is 10.9 Å². The second-order valence-corrected chi connectivity index (χ2v) is 4.92. The summed E-state index contributed by atoms with van der Waals surface area (Å²) in [6, 6.07) is 0. The second kappa shape index (κ2) is 5.15. The van der Waals surface area contributed by atoms with E-state index in [4.69, 9.17) is 4.52 Å². The van der Waals surface area contributed by atoms with Crippen LogP contribution in [0.4, 0.5) is 10.2 Å². The summed E-state index contributed by atoms with van der Waals surface area (Å²) in [5, 5.41) is 3.80. The number of hydrogen-bond donors (Lipinski definition) is 0. The standard InChI is InChI=1S/C13H16FN5O/c1-3-10-11(14)12(16-7-15-10)19-5-4-9(6-19)13-17-8(2)18-20-13/h7,9H,3-6H2,1-2H3/t9-/m0/s1. The molecule has 1 atom stereocenters. The monoisotopic (exact) mass is 277 g/mol. The molecule has 1 saturated heterocycles. The molecule has 106 valence electrons. The second-order valence-electron chi connectivity index (χ2n) is 4.92. The molecule has 0 N–H and O–H groups in total. The van der Waals surface area contributed by atoms with Gasteiger partial charge in [0.05, 0.1) is 11.6 Å². The van der Waals surface area contributed by atoms with Crippen molar-refractivity contribution in [2.75, 3.05) is 18.0 Å². The SMILES string of the molecule is CCc1ncnc(N2CC[C@H](c3nc(C)no3)C2)c1F. The van der Waals surface area contributed by atoms with Crippen LogP contribution in [-0.2, 0) is 6.42 Å². The molecule has 3 rings (SSSR count). The van der Waals surface area contributed by atoms with E-state index in [0.717, 1.165) is 13.0 Å². The Kier molecular flexibility index (Phi) is 3.33. The summed E-state index contributed by atoms with van der Waals surface area (Å²) in [7, 11) is 0. The van der Waals surface area contributed by atoms with Crippen molar-refractivity contribution in [3.8, 4) is 0 Å². The van der Waals surface area contributed by atoms with E-state index in [1.54, 1.807) is 6.92 Å². The van der Waals surface area contributed by atoms with Crippen molar-refractivity contribution >= 4 is 5.82 Å². The molecule has 2 aromatic heterocycles. The van der Waals surface area contributed by atoms with Crippen molar-refractivity contribution in [2.45, 2.75) is 32.6 Å². The first-order valence-electron chi connectivity index (χ1n) is 6.73. The molecule has 1 fully saturated rings. The Morgan fingerprint density at radius 2 is 2.30 bits per heavy atom. The molecule has 0 unspecified atom stereocenters. The maximum absolute atomic E-state index is 14.2. The Labute approximate surface area is 116 Å². The molecule has 1 aliphatic rings. The average Bonchev–Trinajstić information content (AvgIpc) is 3.07. The highest BCUT2D eigenvalue weighted by molar-refractivity contribution is 5.43. The van der Waals surface area contributed by atoms with Gasteiger partial charge < -0.3 is 9.42 Å². The number of anilines is 1. The summed E-state index contributed by atoms with van der Waals surface area (Å²) in [5.74, 6) is 1.43. The number of hydrogen-bond acceptors (Lipinski definition) is 6. The maximum Gasteiger partial charge on any atom is 0.231 e. The fourth-order valence-corrected chi connectivity index (χ4v) is 2.50. The summed E-state index contributed by atoms with van der Waals surface area (Å²) in [6.07, 6.45) is 2.83. The minimum absolute atomic E-state index is 0.135. The van der Waals surface area contributed by atoms with Gasteiger partial charge in [-0.15, -0.1) is 0 Å². The summed E-state index contributed by atoms with van der Waals surface area (Å²) >= 11 is 0. The molecule has 0 bridgehead atoms. The topological polar surface area (TPSA) is 67.9 Å². The van der Waals surface area contributed by atoms with Crippen molar-refractivity contribution in [1.82, 2.24) is 20.1 Å². The van der Waals surface area contributed by atoms with E-state index in [0.29, 0.717) is 36.2 Å². The lowest BCUT2D eigenvalue weighted by Gasteiger charge is -2.18. The first kappa shape index (κ1) is 13.0. The Morgan fingerprint density at radius 3 is 3.00 bits per heavy atom. The van der Waals surface area contributed by atoms with Crippen molar-refractivity contribution in [2.24, 2.45) is 0 Å². The van der Waals surface area contributed by atoms with Gasteiger partial charge in [-0.1, -0.05) is 12.1 Å². The van der Waals surface area contributed by atoms with E-state index < -0.39 is 0 Å². The molecule has 0 aliphatic carbocycles. The lowest BCUT2D eigenvalue weighted by Crippen LogP contribution is -2.22. The van der Waals surface area contributed by atoms with Gasteiger partial charge in [0, 0.05) is 13.1 Å². The highest BCUT2D eigenvalue weighted by atomic mass is 19.1. The Balaban J connectivity index is 1.80. The summed E-state index contributed by atoms with van der Waals surface area (Å²) < 4.78 is 19.4. The van der Waals surface area contributed by atoms with Crippen LogP contribution in [0.3, 0.4) is 0 Å². The molecule has 0 radical (unpaired) electrons. The minimum atomic E-state index is -0.322. The van der Waals surface area contributed by atoms with Gasteiger partial charge in [-0.2, -0.15) is 4.98 Å². The molecule has 0 spiro atoms. The van der Waals surface area contributed by atoms with Gasteiger partial charge in [0.1, 0.15) is 6.33 Å². The van der Waals surface area contributed by atoms with Crippen molar-refractivity contribution in [1.29, 1.82) is 0 Å². The number of aryl methyl sites for hydroxylation is 2. The zero-order valence-corrected chi connectivity index (χ0v) is 11.5. The van der Waals surface area contributed by atoms with Gasteiger partial charge in [0.15, 0.2) is 17.5 Å². The molecule has 7 heteroatoms. The van der Waals surface area contributed by atoms with Crippen molar-refractivity contribution in [3.63, 3.8) is 0 Å². The molecule has 0 amide bonds. The van der Waals surface area contributed by atoms with Crippen LogP contribution in [-0.4, -0.2) is 33.2 Å². The van der Waals surface area contributed by atoms with Gasteiger partial charge >= 0.3 is 0 Å². The van der Waals surface area contributed by atoms with E-state index in [-0.39, 0.29) is 11.7 Å². The third-order valence-corrected chi connectivity index (χ3v) is 3.56. The Bertz CT molecular complexity index is 615. The minimum Gasteiger partial charge on any atom is -0.353 e. The van der Waals surface area contributed by atoms with Gasteiger partial charge in [-0.3, -0.25) is 0 Å². The van der Waals surface area contributed by atoms with Crippen molar-refractivity contribution in [3.05, 3.63) is 29.6 Å². The summed E-state index contributed by atoms with van der Waals surface area (Å²) in [6.45, 7) is 5.03. The van der Waals surface area contributed by atoms with Crippen LogP contribution in [0.25, 0.3) is 0 Å². The smallest absolute Gasteiger partial charge is 0.231 e. The van der Waals surface area contributed by atoms with E-state index in [2.05, 4.69) is 20.1 Å². The Hall–Kier alpha value is -2.05. The number of halogens is 1. The molecular weight excluding hydrogens is 261 g/mol. The number of rotatable bonds is 3. The molecule has 0 saturated carbocycles. The fourth-order valence-electron chi connectivity index (χ4n) is 2.50. The lowest BCUT2D eigenvalue weighted by atomic mass is 10.1. The van der Waals surface area contributed by atoms with E-state index in [1.807, 2.05) is 11.8 Å². The molecule has 0 aromatic carbocycles. The average molecular weight is 277 g/mol. The van der Waals surface area contributed by atoms with Crippen LogP contribution in [0, 0.1) is 12.7 Å². The van der Waals surface area contributed by atoms with Gasteiger partial charge in [-0.25, -0.2) is 14.4 Å². The van der Waals surface area contributed by atoms with Crippen LogP contribution in [0.2, 0.25) is 0 Å². The van der Waals surface area contributed by atoms with E-state index >= 15 is 0 Å². The fraction of sp³-hybridized carbons (Fsp3) is 0.538. The quantitative estimate of drug-likeness (QED) is 0.853. The maximum atomic E-state index is 14.2. The van der Waals surface area contributed by atoms with Gasteiger partial charge in [-0.05, 0) is 19.8 Å². The first-order chi connectivity index (χ1) is 9.69. The number of nitrogens with zero attached hydrogens (tertiary/aromatic N) is 5. The summed E-state index contributed by atoms with van der Waals surface area (Å²) in [5.41, 5.74) is 0.451. The molecule has 1 aliphatic heterocycles. The zero-order valence-electron chi connectivity index (χ0n) is 11.5. The Morgan fingerprint density at radius 1 is 1.45 bits per heavy atom. The molecule has 20 heavy (non-hydrogen) atoms. The largest absolute Gasteiger partial charge is 0.353 e. The van der Waals surface area contributed by atoms with Crippen LogP contribution in [0.5, 0.6) is 0 Å². The molecule has 3 heterocycles. The predicted octanol–water partition coefficient (Wildman–Crippen LogP) is 1.86. The zero-order chi connectivity index (χ0) is 14.1. The first-order valence-corrected chi connectivity index (χ1v) is 6.73. The van der Waals surface area contributed by atoms with Crippen molar-refractivity contribution < 1.29 is 8.91 Å². The van der Waals surface area contributed by atoms with E-state index in [9.17, 15) is 4.39 Å². The number of aromatic nitrogens is 4. The molecular formula is C13H16FN5O. The predicted molar refractivity (Wildman–Crippen MR) is 70.0 cm³/mol. The van der Waals surface area contributed by atoms with Crippen LogP contribution in [0.1, 0.15) is 36.7 Å². The third-order valence-electron chi connectivity index (χ3n) is 3.56. The normalized spacial score (nSPS) is 18.8. The van der Waals surface area contributed by atoms with Gasteiger partial charge in [0.25, 0.3) is 0 Å². The van der Waals surface area contributed by atoms with Gasteiger partial charge in [0.2, 0.25) is 5.89 Å². The van der Waals surface area contributed by atoms with E-state index in [1.165, 1.54) is 6.33 Å². The molecule has 2 aromatic rings. The third kappa shape index (κ3) is 2.23. The van der Waals surface area contributed by atoms with Crippen LogP contribution < -0.4 is 4.90 Å².